The summed E-state index contributed by atoms with van der Waals surface area (Å²) in [6.07, 6.45) is 3.04. The number of ether oxygens (including phenoxy) is 1. The number of benzene rings is 2. The van der Waals surface area contributed by atoms with Crippen molar-refractivity contribution in [2.75, 3.05) is 20.2 Å². The Balaban J connectivity index is 0.00000280. The van der Waals surface area contributed by atoms with Gasteiger partial charge in [-0.25, -0.2) is 4.99 Å². The fraction of sp³-hybridized carbons (Fsp3) is 0.318. The largest absolute Gasteiger partial charge is 0.380 e. The number of guanidine groups is 1. The lowest BCUT2D eigenvalue weighted by Gasteiger charge is -2.11. The van der Waals surface area contributed by atoms with Crippen LogP contribution in [0, 0.1) is 0 Å². The molecular formula is C22H29IN4O. The molecule has 1 aromatic heterocycles. The molecule has 0 unspecified atom stereocenters. The van der Waals surface area contributed by atoms with Gasteiger partial charge in [0, 0.05) is 37.3 Å². The highest BCUT2D eigenvalue weighted by Gasteiger charge is 2.03. The van der Waals surface area contributed by atoms with Gasteiger partial charge in [0.1, 0.15) is 0 Å². The van der Waals surface area contributed by atoms with Crippen molar-refractivity contribution in [3.63, 3.8) is 0 Å². The highest BCUT2D eigenvalue weighted by Crippen LogP contribution is 2.17. The van der Waals surface area contributed by atoms with E-state index in [1.165, 1.54) is 27.6 Å². The first-order valence-electron chi connectivity index (χ1n) is 9.44. The Kier molecular flexibility index (Phi) is 9.30. The fourth-order valence-electron chi connectivity index (χ4n) is 3.07. The topological polar surface area (TPSA) is 61.4 Å². The zero-order chi connectivity index (χ0) is 18.9. The van der Waals surface area contributed by atoms with Crippen molar-refractivity contribution in [3.05, 3.63) is 71.4 Å². The minimum absolute atomic E-state index is 0. The SMILES string of the molecule is CCNC(=NCc1ccc(COC)cc1)NCCc1c[nH]c2ccccc12.I. The van der Waals surface area contributed by atoms with Crippen LogP contribution in [0.1, 0.15) is 23.6 Å². The Hall–Kier alpha value is -2.06. The van der Waals surface area contributed by atoms with E-state index in [1.807, 2.05) is 0 Å². The molecule has 2 aromatic carbocycles. The molecule has 0 aliphatic carbocycles. The van der Waals surface area contributed by atoms with Gasteiger partial charge in [-0.1, -0.05) is 42.5 Å². The lowest BCUT2D eigenvalue weighted by atomic mass is 10.1. The van der Waals surface area contributed by atoms with Gasteiger partial charge in [0.05, 0.1) is 13.2 Å². The van der Waals surface area contributed by atoms with Crippen LogP contribution in [0.3, 0.4) is 0 Å². The minimum Gasteiger partial charge on any atom is -0.380 e. The number of hydrogen-bond acceptors (Lipinski definition) is 2. The number of aromatic nitrogens is 1. The molecular weight excluding hydrogens is 463 g/mol. The molecule has 3 aromatic rings. The second-order valence-electron chi connectivity index (χ2n) is 6.48. The molecule has 0 spiro atoms. The van der Waals surface area contributed by atoms with Crippen molar-refractivity contribution in [3.8, 4) is 0 Å². The molecule has 1 heterocycles. The van der Waals surface area contributed by atoms with Crippen LogP contribution < -0.4 is 10.6 Å². The van der Waals surface area contributed by atoms with Crippen LogP contribution in [-0.4, -0.2) is 31.1 Å². The van der Waals surface area contributed by atoms with Crippen LogP contribution in [0.25, 0.3) is 10.9 Å². The standard InChI is InChI=1S/C22H28N4O.HI/c1-3-23-22(26-14-17-8-10-18(11-9-17)16-27-2)24-13-12-19-15-25-21-7-5-4-6-20(19)21;/h4-11,15,25H,3,12-14,16H2,1-2H3,(H2,23,24,26);1H. The number of aliphatic imine (C=N–C) groups is 1. The van der Waals surface area contributed by atoms with Crippen molar-refractivity contribution in [2.24, 2.45) is 4.99 Å². The van der Waals surface area contributed by atoms with Crippen LogP contribution in [0.15, 0.2) is 59.7 Å². The lowest BCUT2D eigenvalue weighted by Crippen LogP contribution is -2.38. The minimum atomic E-state index is 0. The molecule has 0 atom stereocenters. The highest BCUT2D eigenvalue weighted by molar-refractivity contribution is 14.0. The van der Waals surface area contributed by atoms with E-state index < -0.39 is 0 Å². The molecule has 0 bridgehead atoms. The van der Waals surface area contributed by atoms with Crippen LogP contribution in [0.2, 0.25) is 0 Å². The summed E-state index contributed by atoms with van der Waals surface area (Å²) in [5.41, 5.74) is 4.87. The normalized spacial score (nSPS) is 11.3. The monoisotopic (exact) mass is 492 g/mol. The van der Waals surface area contributed by atoms with Crippen LogP contribution in [0.5, 0.6) is 0 Å². The van der Waals surface area contributed by atoms with Crippen LogP contribution >= 0.6 is 24.0 Å². The van der Waals surface area contributed by atoms with E-state index in [0.717, 1.165) is 25.5 Å². The average molecular weight is 492 g/mol. The molecule has 6 heteroatoms. The molecule has 28 heavy (non-hydrogen) atoms. The van der Waals surface area contributed by atoms with Gasteiger partial charge in [0.25, 0.3) is 0 Å². The predicted octanol–water partition coefficient (Wildman–Crippen LogP) is 4.23. The molecule has 0 amide bonds. The Morgan fingerprint density at radius 1 is 1.04 bits per heavy atom. The lowest BCUT2D eigenvalue weighted by molar-refractivity contribution is 0.185. The predicted molar refractivity (Wildman–Crippen MR) is 127 cm³/mol. The van der Waals surface area contributed by atoms with Gasteiger partial charge in [-0.05, 0) is 36.1 Å². The molecule has 3 N–H and O–H groups in total. The summed E-state index contributed by atoms with van der Waals surface area (Å²) in [5, 5.41) is 8.03. The van der Waals surface area contributed by atoms with Gasteiger partial charge in [-0.2, -0.15) is 0 Å². The third kappa shape index (κ3) is 6.24. The molecule has 3 rings (SSSR count). The number of hydrogen-bond donors (Lipinski definition) is 3. The maximum Gasteiger partial charge on any atom is 0.191 e. The number of H-pyrrole nitrogens is 1. The van der Waals surface area contributed by atoms with E-state index in [-0.39, 0.29) is 24.0 Å². The second-order valence-corrected chi connectivity index (χ2v) is 6.48. The van der Waals surface area contributed by atoms with Crippen molar-refractivity contribution in [2.45, 2.75) is 26.5 Å². The van der Waals surface area contributed by atoms with Gasteiger partial charge in [0.2, 0.25) is 0 Å². The van der Waals surface area contributed by atoms with Gasteiger partial charge < -0.3 is 20.4 Å². The summed E-state index contributed by atoms with van der Waals surface area (Å²) < 4.78 is 5.15. The Morgan fingerprint density at radius 3 is 2.54 bits per heavy atom. The third-order valence-electron chi connectivity index (χ3n) is 4.46. The van der Waals surface area contributed by atoms with Gasteiger partial charge >= 0.3 is 0 Å². The van der Waals surface area contributed by atoms with E-state index in [0.29, 0.717) is 13.2 Å². The maximum absolute atomic E-state index is 5.15. The number of nitrogens with one attached hydrogen (secondary N) is 3. The molecule has 0 fully saturated rings. The Morgan fingerprint density at radius 2 is 1.79 bits per heavy atom. The first kappa shape index (κ1) is 22.2. The molecule has 0 saturated heterocycles. The van der Waals surface area contributed by atoms with E-state index in [9.17, 15) is 0 Å². The quantitative estimate of drug-likeness (QED) is 0.251. The number of aromatic amines is 1. The first-order valence-corrected chi connectivity index (χ1v) is 9.44. The zero-order valence-corrected chi connectivity index (χ0v) is 18.8. The number of para-hydroxylation sites is 1. The zero-order valence-electron chi connectivity index (χ0n) is 16.5. The molecule has 0 saturated carbocycles. The molecule has 0 aliphatic rings. The summed E-state index contributed by atoms with van der Waals surface area (Å²) in [5.74, 6) is 0.846. The summed E-state index contributed by atoms with van der Waals surface area (Å²) in [7, 11) is 1.71. The smallest absolute Gasteiger partial charge is 0.191 e. The highest BCUT2D eigenvalue weighted by atomic mass is 127. The van der Waals surface area contributed by atoms with Gasteiger partial charge in [-0.15, -0.1) is 24.0 Å². The first-order chi connectivity index (χ1) is 13.3. The summed E-state index contributed by atoms with van der Waals surface area (Å²) >= 11 is 0. The second kappa shape index (κ2) is 11.7. The molecule has 0 aliphatic heterocycles. The number of fused-ring (bicyclic) bond motifs is 1. The summed E-state index contributed by atoms with van der Waals surface area (Å²) in [4.78, 5) is 8.02. The van der Waals surface area contributed by atoms with Crippen LogP contribution in [0.4, 0.5) is 0 Å². The van der Waals surface area contributed by atoms with E-state index in [2.05, 4.69) is 77.3 Å². The molecule has 150 valence electrons. The van der Waals surface area contributed by atoms with Crippen molar-refractivity contribution in [1.82, 2.24) is 15.6 Å². The van der Waals surface area contributed by atoms with Crippen molar-refractivity contribution in [1.29, 1.82) is 0 Å². The Bertz CT molecular complexity index is 874. The number of halogens is 1. The fourth-order valence-corrected chi connectivity index (χ4v) is 3.07. The number of nitrogens with zero attached hydrogens (tertiary/aromatic N) is 1. The molecule has 0 radical (unpaired) electrons. The number of methoxy groups -OCH3 is 1. The van der Waals surface area contributed by atoms with Gasteiger partial charge in [0.15, 0.2) is 5.96 Å². The third-order valence-corrected chi connectivity index (χ3v) is 4.46. The van der Waals surface area contributed by atoms with Crippen molar-refractivity contribution >= 4 is 40.8 Å². The van der Waals surface area contributed by atoms with E-state index >= 15 is 0 Å². The summed E-state index contributed by atoms with van der Waals surface area (Å²) in [6.45, 7) is 5.04. The average Bonchev–Trinajstić information content (AvgIpc) is 3.11. The number of rotatable bonds is 8. The Labute approximate surface area is 184 Å². The van der Waals surface area contributed by atoms with Crippen molar-refractivity contribution < 1.29 is 4.74 Å². The summed E-state index contributed by atoms with van der Waals surface area (Å²) in [6, 6.07) is 16.8. The van der Waals surface area contributed by atoms with Crippen LogP contribution in [-0.2, 0) is 24.3 Å². The van der Waals surface area contributed by atoms with E-state index in [4.69, 9.17) is 9.73 Å². The van der Waals surface area contributed by atoms with E-state index in [1.54, 1.807) is 7.11 Å². The molecule has 5 nitrogen and oxygen atoms in total. The van der Waals surface area contributed by atoms with Gasteiger partial charge in [-0.3, -0.25) is 0 Å². The maximum atomic E-state index is 5.15.